The summed E-state index contributed by atoms with van der Waals surface area (Å²) in [7, 11) is 1.84. The van der Waals surface area contributed by atoms with Crippen molar-refractivity contribution in [3.63, 3.8) is 0 Å². The molecule has 0 aromatic heterocycles. The maximum atomic E-state index is 11.9. The third-order valence-electron chi connectivity index (χ3n) is 6.01. The first-order valence-electron chi connectivity index (χ1n) is 9.25. The molecule has 0 amide bonds. The number of fused-ring (bicyclic) bond motifs is 1. The number of piperidine rings is 1. The van der Waals surface area contributed by atoms with Crippen molar-refractivity contribution in [1.82, 2.24) is 10.2 Å². The summed E-state index contributed by atoms with van der Waals surface area (Å²) in [6, 6.07) is 0.409. The molecule has 6 nitrogen and oxygen atoms in total. The van der Waals surface area contributed by atoms with E-state index in [2.05, 4.69) is 29.1 Å². The second-order valence-corrected chi connectivity index (χ2v) is 7.75. The zero-order valence-corrected chi connectivity index (χ0v) is 15.4. The van der Waals surface area contributed by atoms with Crippen molar-refractivity contribution >= 4 is 11.9 Å². The summed E-state index contributed by atoms with van der Waals surface area (Å²) in [5.74, 6) is 1.53. The highest BCUT2D eigenvalue weighted by Gasteiger charge is 2.59. The molecule has 0 aromatic rings. The molecule has 3 aliphatic rings. The molecule has 3 unspecified atom stereocenters. The zero-order valence-electron chi connectivity index (χ0n) is 15.4. The van der Waals surface area contributed by atoms with Crippen LogP contribution < -0.4 is 5.32 Å². The molecule has 24 heavy (non-hydrogen) atoms. The number of hydrogen-bond donors (Lipinski definition) is 1. The van der Waals surface area contributed by atoms with E-state index >= 15 is 0 Å². The lowest BCUT2D eigenvalue weighted by Gasteiger charge is -2.55. The molecule has 1 aliphatic carbocycles. The Kier molecular flexibility index (Phi) is 5.04. The highest BCUT2D eigenvalue weighted by atomic mass is 16.5. The first-order chi connectivity index (χ1) is 11.5. The number of nitrogens with one attached hydrogen (secondary N) is 1. The van der Waals surface area contributed by atoms with E-state index in [1.54, 1.807) is 0 Å². The van der Waals surface area contributed by atoms with Crippen molar-refractivity contribution in [2.75, 3.05) is 33.4 Å². The van der Waals surface area contributed by atoms with Gasteiger partial charge in [0.2, 0.25) is 0 Å². The maximum absolute atomic E-state index is 11.9. The van der Waals surface area contributed by atoms with Crippen LogP contribution in [0.5, 0.6) is 0 Å². The van der Waals surface area contributed by atoms with Crippen molar-refractivity contribution in [2.45, 2.75) is 52.2 Å². The molecule has 0 spiro atoms. The number of esters is 1. The molecule has 3 fully saturated rings. The molecule has 3 rings (SSSR count). The number of aliphatic imine (C=N–C) groups is 1. The Morgan fingerprint density at radius 3 is 2.67 bits per heavy atom. The Morgan fingerprint density at radius 2 is 2.04 bits per heavy atom. The summed E-state index contributed by atoms with van der Waals surface area (Å²) < 4.78 is 11.0. The van der Waals surface area contributed by atoms with Crippen molar-refractivity contribution in [3.8, 4) is 0 Å². The first-order valence-corrected chi connectivity index (χ1v) is 9.25. The molecule has 1 saturated carbocycles. The standard InChI is InChI=1S/C18H31N3O3/c1-5-23-16(22)12-6-9-21(10-7-12)17(19-4)20-14-13-8-11-24-15(13)18(14,2)3/h12-15H,5-11H2,1-4H3,(H,19,20). The van der Waals surface area contributed by atoms with E-state index in [1.165, 1.54) is 0 Å². The van der Waals surface area contributed by atoms with Gasteiger partial charge in [-0.3, -0.25) is 9.79 Å². The second-order valence-electron chi connectivity index (χ2n) is 7.75. The van der Waals surface area contributed by atoms with Gasteiger partial charge < -0.3 is 19.7 Å². The van der Waals surface area contributed by atoms with Crippen LogP contribution in [0.1, 0.15) is 40.0 Å². The third-order valence-corrected chi connectivity index (χ3v) is 6.01. The summed E-state index contributed by atoms with van der Waals surface area (Å²) in [5, 5.41) is 3.68. The maximum Gasteiger partial charge on any atom is 0.309 e. The van der Waals surface area contributed by atoms with Crippen LogP contribution in [0.2, 0.25) is 0 Å². The summed E-state index contributed by atoms with van der Waals surface area (Å²) in [6.45, 7) is 9.44. The number of likely N-dealkylation sites (tertiary alicyclic amines) is 1. The van der Waals surface area contributed by atoms with E-state index in [0.29, 0.717) is 24.7 Å². The molecule has 0 bridgehead atoms. The summed E-state index contributed by atoms with van der Waals surface area (Å²) in [5.41, 5.74) is 0.139. The minimum atomic E-state index is -0.0498. The molecule has 0 aromatic carbocycles. The largest absolute Gasteiger partial charge is 0.466 e. The molecule has 2 heterocycles. The van der Waals surface area contributed by atoms with Crippen LogP contribution in [0.4, 0.5) is 0 Å². The summed E-state index contributed by atoms with van der Waals surface area (Å²) in [6.07, 6.45) is 3.18. The monoisotopic (exact) mass is 337 g/mol. The lowest BCUT2D eigenvalue weighted by molar-refractivity contribution is -0.149. The van der Waals surface area contributed by atoms with Crippen molar-refractivity contribution in [2.24, 2.45) is 22.2 Å². The van der Waals surface area contributed by atoms with E-state index in [1.807, 2.05) is 14.0 Å². The fraction of sp³-hybridized carbons (Fsp3) is 0.889. The molecule has 1 N–H and O–H groups in total. The average Bonchev–Trinajstić information content (AvgIpc) is 3.03. The van der Waals surface area contributed by atoms with Gasteiger partial charge in [-0.05, 0) is 26.2 Å². The van der Waals surface area contributed by atoms with Crippen molar-refractivity contribution in [3.05, 3.63) is 0 Å². The van der Waals surface area contributed by atoms with Gasteiger partial charge in [0.25, 0.3) is 0 Å². The molecule has 136 valence electrons. The molecule has 3 atom stereocenters. The van der Waals surface area contributed by atoms with Gasteiger partial charge in [-0.15, -0.1) is 0 Å². The van der Waals surface area contributed by atoms with E-state index in [9.17, 15) is 4.79 Å². The van der Waals surface area contributed by atoms with Gasteiger partial charge >= 0.3 is 5.97 Å². The Hall–Kier alpha value is -1.30. The van der Waals surface area contributed by atoms with E-state index in [4.69, 9.17) is 9.47 Å². The molecule has 6 heteroatoms. The Balaban J connectivity index is 1.56. The van der Waals surface area contributed by atoms with E-state index < -0.39 is 0 Å². The average molecular weight is 337 g/mol. The molecule has 2 aliphatic heterocycles. The van der Waals surface area contributed by atoms with Gasteiger partial charge in [0.1, 0.15) is 0 Å². The lowest BCUT2D eigenvalue weighted by atomic mass is 9.57. The zero-order chi connectivity index (χ0) is 17.3. The predicted octanol–water partition coefficient (Wildman–Crippen LogP) is 1.65. The molecule has 0 radical (unpaired) electrons. The first kappa shape index (κ1) is 17.5. The van der Waals surface area contributed by atoms with Gasteiger partial charge in [0.05, 0.1) is 18.6 Å². The Bertz CT molecular complexity index is 498. The van der Waals surface area contributed by atoms with Gasteiger partial charge in [-0.25, -0.2) is 0 Å². The van der Waals surface area contributed by atoms with Crippen molar-refractivity contribution < 1.29 is 14.3 Å². The highest BCUT2D eigenvalue weighted by Crippen LogP contribution is 2.52. The number of carbonyl (C=O) groups is 1. The van der Waals surface area contributed by atoms with Gasteiger partial charge in [0.15, 0.2) is 5.96 Å². The van der Waals surface area contributed by atoms with Crippen LogP contribution in [0.15, 0.2) is 4.99 Å². The normalized spacial score (nSPS) is 32.9. The summed E-state index contributed by atoms with van der Waals surface area (Å²) in [4.78, 5) is 18.7. The molecular weight excluding hydrogens is 306 g/mol. The van der Waals surface area contributed by atoms with Gasteiger partial charge in [-0.2, -0.15) is 0 Å². The smallest absolute Gasteiger partial charge is 0.309 e. The van der Waals surface area contributed by atoms with Crippen LogP contribution in [0.3, 0.4) is 0 Å². The van der Waals surface area contributed by atoms with E-state index in [-0.39, 0.29) is 17.3 Å². The number of hydrogen-bond acceptors (Lipinski definition) is 4. The quantitative estimate of drug-likeness (QED) is 0.482. The van der Waals surface area contributed by atoms with Gasteiger partial charge in [0, 0.05) is 44.1 Å². The van der Waals surface area contributed by atoms with Crippen LogP contribution in [-0.4, -0.2) is 62.3 Å². The molecular formula is C18H31N3O3. The SMILES string of the molecule is CCOC(=O)C1CCN(C(=NC)NC2C3CCOC3C2(C)C)CC1. The van der Waals surface area contributed by atoms with Crippen LogP contribution in [0.25, 0.3) is 0 Å². The van der Waals surface area contributed by atoms with Crippen LogP contribution in [-0.2, 0) is 14.3 Å². The summed E-state index contributed by atoms with van der Waals surface area (Å²) >= 11 is 0. The van der Waals surface area contributed by atoms with Crippen LogP contribution >= 0.6 is 0 Å². The topological polar surface area (TPSA) is 63.2 Å². The minimum Gasteiger partial charge on any atom is -0.466 e. The van der Waals surface area contributed by atoms with Gasteiger partial charge in [-0.1, -0.05) is 13.8 Å². The minimum absolute atomic E-state index is 0.0343. The lowest BCUT2D eigenvalue weighted by Crippen LogP contribution is -2.68. The van der Waals surface area contributed by atoms with Crippen LogP contribution in [0, 0.1) is 17.3 Å². The number of carbonyl (C=O) groups excluding carboxylic acids is 1. The fourth-order valence-electron chi connectivity index (χ4n) is 4.64. The van der Waals surface area contributed by atoms with E-state index in [0.717, 1.165) is 44.9 Å². The third kappa shape index (κ3) is 3.01. The van der Waals surface area contributed by atoms with Crippen molar-refractivity contribution in [1.29, 1.82) is 0 Å². The number of ether oxygens (including phenoxy) is 2. The fourth-order valence-corrected chi connectivity index (χ4v) is 4.64. The Morgan fingerprint density at radius 1 is 1.33 bits per heavy atom. The predicted molar refractivity (Wildman–Crippen MR) is 92.8 cm³/mol. The Labute approximate surface area is 145 Å². The number of rotatable bonds is 3. The number of nitrogens with zero attached hydrogens (tertiary/aromatic N) is 2. The molecule has 2 saturated heterocycles. The number of guanidine groups is 1. The highest BCUT2D eigenvalue weighted by molar-refractivity contribution is 5.81. The second kappa shape index (κ2) is 6.90.